The molecule has 1 aromatic heterocycles. The number of aromatic nitrogens is 1. The Morgan fingerprint density at radius 3 is 2.52 bits per heavy atom. The van der Waals surface area contributed by atoms with Crippen LogP contribution in [0.4, 0.5) is 0 Å². The summed E-state index contributed by atoms with van der Waals surface area (Å²) < 4.78 is 23.4. The largest absolute Gasteiger partial charge is 0.390 e. The van der Waals surface area contributed by atoms with E-state index >= 15 is 0 Å². The van der Waals surface area contributed by atoms with Crippen LogP contribution in [0.25, 0.3) is 10.9 Å². The summed E-state index contributed by atoms with van der Waals surface area (Å²) in [6.07, 6.45) is 1.26. The maximum atomic E-state index is 11.7. The zero-order valence-electron chi connectivity index (χ0n) is 13.0. The highest BCUT2D eigenvalue weighted by Crippen LogP contribution is 2.32. The van der Waals surface area contributed by atoms with Crippen molar-refractivity contribution in [3.63, 3.8) is 0 Å². The second kappa shape index (κ2) is 5.61. The van der Waals surface area contributed by atoms with Crippen molar-refractivity contribution >= 4 is 20.7 Å². The van der Waals surface area contributed by atoms with E-state index in [4.69, 9.17) is 0 Å². The number of aromatic amines is 1. The number of sulfone groups is 1. The van der Waals surface area contributed by atoms with Gasteiger partial charge in [0.25, 0.3) is 0 Å². The minimum atomic E-state index is -3.07. The number of fused-ring (bicyclic) bond motifs is 1. The molecule has 2 unspecified atom stereocenters. The summed E-state index contributed by atoms with van der Waals surface area (Å²) in [5, 5.41) is 11.3. The molecule has 124 valence electrons. The minimum absolute atomic E-state index is 0.0837. The molecule has 2 saturated heterocycles. The van der Waals surface area contributed by atoms with Gasteiger partial charge in [0.2, 0.25) is 0 Å². The van der Waals surface area contributed by atoms with Crippen LogP contribution in [0.1, 0.15) is 24.5 Å². The third-order valence-electron chi connectivity index (χ3n) is 5.28. The van der Waals surface area contributed by atoms with Gasteiger partial charge in [-0.3, -0.25) is 4.90 Å². The summed E-state index contributed by atoms with van der Waals surface area (Å²) in [7, 11) is -3.07. The van der Waals surface area contributed by atoms with E-state index in [1.807, 2.05) is 12.1 Å². The molecule has 0 aliphatic carbocycles. The molecule has 0 saturated carbocycles. The molecule has 2 atom stereocenters. The first kappa shape index (κ1) is 15.2. The minimum Gasteiger partial charge on any atom is -0.390 e. The Morgan fingerprint density at radius 1 is 1.13 bits per heavy atom. The summed E-state index contributed by atoms with van der Waals surface area (Å²) in [6, 6.07) is 10.3. The molecule has 2 N–H and O–H groups in total. The van der Waals surface area contributed by atoms with Crippen LogP contribution in [0, 0.1) is 0 Å². The molecule has 23 heavy (non-hydrogen) atoms. The number of likely N-dealkylation sites (tertiary alicyclic amines) is 1. The number of para-hydroxylation sites is 1. The predicted molar refractivity (Wildman–Crippen MR) is 90.3 cm³/mol. The highest BCUT2D eigenvalue weighted by molar-refractivity contribution is 7.91. The predicted octanol–water partition coefficient (Wildman–Crippen LogP) is 1.51. The monoisotopic (exact) mass is 334 g/mol. The zero-order chi connectivity index (χ0) is 16.0. The van der Waals surface area contributed by atoms with Gasteiger partial charge < -0.3 is 10.1 Å². The average molecular weight is 334 g/mol. The lowest BCUT2D eigenvalue weighted by molar-refractivity contribution is 0.0662. The van der Waals surface area contributed by atoms with E-state index in [1.165, 1.54) is 16.6 Å². The summed E-state index contributed by atoms with van der Waals surface area (Å²) in [5.74, 6) is 0.499. The van der Waals surface area contributed by atoms with Crippen LogP contribution in [0.2, 0.25) is 0 Å². The molecule has 4 rings (SSSR count). The van der Waals surface area contributed by atoms with E-state index in [2.05, 4.69) is 28.1 Å². The summed E-state index contributed by atoms with van der Waals surface area (Å²) in [5.41, 5.74) is 2.44. The van der Waals surface area contributed by atoms with E-state index in [0.717, 1.165) is 25.9 Å². The van der Waals surface area contributed by atoms with Crippen molar-refractivity contribution in [1.29, 1.82) is 0 Å². The number of rotatable bonds is 2. The van der Waals surface area contributed by atoms with E-state index < -0.39 is 15.9 Å². The van der Waals surface area contributed by atoms with Gasteiger partial charge in [-0.1, -0.05) is 18.2 Å². The van der Waals surface area contributed by atoms with Crippen molar-refractivity contribution in [2.75, 3.05) is 24.6 Å². The number of benzene rings is 1. The Bertz CT molecular complexity index is 773. The first-order chi connectivity index (χ1) is 11.0. The molecule has 2 fully saturated rings. The van der Waals surface area contributed by atoms with Gasteiger partial charge in [0.1, 0.15) is 0 Å². The molecule has 2 aliphatic heterocycles. The molecular formula is C17H22N2O3S. The van der Waals surface area contributed by atoms with Crippen molar-refractivity contribution in [2.24, 2.45) is 0 Å². The summed E-state index contributed by atoms with van der Waals surface area (Å²) in [6.45, 7) is 1.69. The third kappa shape index (κ3) is 2.91. The van der Waals surface area contributed by atoms with Gasteiger partial charge >= 0.3 is 0 Å². The summed E-state index contributed by atoms with van der Waals surface area (Å²) in [4.78, 5) is 5.67. The van der Waals surface area contributed by atoms with Gasteiger partial charge in [-0.15, -0.1) is 0 Å². The van der Waals surface area contributed by atoms with Crippen LogP contribution in [0.3, 0.4) is 0 Å². The number of aliphatic hydroxyl groups is 1. The third-order valence-corrected chi connectivity index (χ3v) is 6.98. The molecule has 0 bridgehead atoms. The fourth-order valence-electron chi connectivity index (χ4n) is 4.02. The maximum absolute atomic E-state index is 11.7. The Kier molecular flexibility index (Phi) is 3.70. The fourth-order valence-corrected chi connectivity index (χ4v) is 5.85. The quantitative estimate of drug-likeness (QED) is 0.873. The van der Waals surface area contributed by atoms with Crippen LogP contribution in [-0.2, 0) is 9.84 Å². The molecule has 0 radical (unpaired) electrons. The Hall–Kier alpha value is -1.37. The van der Waals surface area contributed by atoms with Gasteiger partial charge in [-0.25, -0.2) is 8.42 Å². The standard InChI is InChI=1S/C17H22N2O3S/c20-17-11-23(21,22)10-16(17)19-7-5-12(6-8-19)15-9-13-3-1-2-4-14(13)18-15/h1-4,9,12,16-18,20H,5-8,10-11H2. The Morgan fingerprint density at radius 2 is 1.87 bits per heavy atom. The smallest absolute Gasteiger partial charge is 0.154 e. The highest BCUT2D eigenvalue weighted by Gasteiger charge is 2.41. The molecule has 6 heteroatoms. The average Bonchev–Trinajstić information content (AvgIpc) is 3.07. The van der Waals surface area contributed by atoms with Gasteiger partial charge in [-0.2, -0.15) is 0 Å². The van der Waals surface area contributed by atoms with Crippen LogP contribution < -0.4 is 0 Å². The van der Waals surface area contributed by atoms with Gasteiger partial charge in [0, 0.05) is 17.1 Å². The number of piperidine rings is 1. The van der Waals surface area contributed by atoms with Gasteiger partial charge in [-0.05, 0) is 43.5 Å². The number of H-pyrrole nitrogens is 1. The van der Waals surface area contributed by atoms with Crippen molar-refractivity contribution in [3.8, 4) is 0 Å². The highest BCUT2D eigenvalue weighted by atomic mass is 32.2. The van der Waals surface area contributed by atoms with E-state index in [-0.39, 0.29) is 17.5 Å². The molecule has 2 aliphatic rings. The molecule has 0 amide bonds. The normalized spacial score (nSPS) is 29.3. The molecule has 5 nitrogen and oxygen atoms in total. The van der Waals surface area contributed by atoms with Crippen LogP contribution in [0.15, 0.2) is 30.3 Å². The van der Waals surface area contributed by atoms with Crippen LogP contribution in [-0.4, -0.2) is 60.1 Å². The van der Waals surface area contributed by atoms with Crippen molar-refractivity contribution in [1.82, 2.24) is 9.88 Å². The fraction of sp³-hybridized carbons (Fsp3) is 0.529. The molecule has 2 aromatic rings. The Balaban J connectivity index is 1.45. The number of nitrogens with one attached hydrogen (secondary N) is 1. The van der Waals surface area contributed by atoms with Crippen molar-refractivity contribution < 1.29 is 13.5 Å². The molecular weight excluding hydrogens is 312 g/mol. The first-order valence-electron chi connectivity index (χ1n) is 8.22. The molecule has 0 spiro atoms. The van der Waals surface area contributed by atoms with Gasteiger partial charge in [0.15, 0.2) is 9.84 Å². The van der Waals surface area contributed by atoms with E-state index in [0.29, 0.717) is 5.92 Å². The number of nitrogens with zero attached hydrogens (tertiary/aromatic N) is 1. The molecule has 1 aromatic carbocycles. The lowest BCUT2D eigenvalue weighted by Gasteiger charge is -2.36. The van der Waals surface area contributed by atoms with Crippen LogP contribution >= 0.6 is 0 Å². The van der Waals surface area contributed by atoms with E-state index in [9.17, 15) is 13.5 Å². The zero-order valence-corrected chi connectivity index (χ0v) is 13.8. The number of hydrogen-bond donors (Lipinski definition) is 2. The number of aliphatic hydroxyl groups excluding tert-OH is 1. The topological polar surface area (TPSA) is 73.4 Å². The lowest BCUT2D eigenvalue weighted by atomic mass is 9.92. The first-order valence-corrected chi connectivity index (χ1v) is 10.0. The van der Waals surface area contributed by atoms with Crippen molar-refractivity contribution in [3.05, 3.63) is 36.0 Å². The number of hydrogen-bond acceptors (Lipinski definition) is 4. The van der Waals surface area contributed by atoms with Crippen molar-refractivity contribution in [2.45, 2.75) is 30.9 Å². The van der Waals surface area contributed by atoms with Crippen LogP contribution in [0.5, 0.6) is 0 Å². The second-order valence-electron chi connectivity index (χ2n) is 6.83. The lowest BCUT2D eigenvalue weighted by Crippen LogP contribution is -2.46. The molecule has 3 heterocycles. The van der Waals surface area contributed by atoms with Gasteiger partial charge in [0.05, 0.1) is 23.7 Å². The Labute approximate surface area is 136 Å². The van der Waals surface area contributed by atoms with E-state index in [1.54, 1.807) is 0 Å². The SMILES string of the molecule is O=S1(=O)CC(O)C(N2CCC(c3cc4ccccc4[nH]3)CC2)C1. The summed E-state index contributed by atoms with van der Waals surface area (Å²) >= 11 is 0. The second-order valence-corrected chi connectivity index (χ2v) is 8.99. The maximum Gasteiger partial charge on any atom is 0.154 e.